The number of fused-ring (bicyclic) bond motifs is 7. The molecule has 10 aromatic rings. The van der Waals surface area contributed by atoms with Gasteiger partial charge in [0.25, 0.3) is 0 Å². The summed E-state index contributed by atoms with van der Waals surface area (Å²) in [6.07, 6.45) is 1.89. The van der Waals surface area contributed by atoms with E-state index in [-0.39, 0.29) is 25.7 Å². The monoisotopic (exact) mass is 944 g/mol. The van der Waals surface area contributed by atoms with E-state index in [1.807, 2.05) is 67.8 Å². The Morgan fingerprint density at radius 3 is 2.36 bits per heavy atom. The third kappa shape index (κ3) is 6.84. The van der Waals surface area contributed by atoms with Gasteiger partial charge in [-0.1, -0.05) is 111 Å². The number of para-hydroxylation sites is 3. The molecule has 0 aliphatic carbocycles. The van der Waals surface area contributed by atoms with Gasteiger partial charge in [0.15, 0.2) is 0 Å². The summed E-state index contributed by atoms with van der Waals surface area (Å²) in [5.41, 5.74) is 8.36. The van der Waals surface area contributed by atoms with Crippen molar-refractivity contribution in [2.45, 2.75) is 46.2 Å². The molecule has 0 aliphatic rings. The van der Waals surface area contributed by atoms with Gasteiger partial charge in [-0.25, -0.2) is 0 Å². The molecule has 0 unspecified atom stereocenters. The zero-order valence-corrected chi connectivity index (χ0v) is 35.9. The number of furan rings is 1. The molecule has 0 saturated heterocycles. The first kappa shape index (κ1) is 33.0. The number of hydrogen-bond donors (Lipinski definition) is 0. The summed E-state index contributed by atoms with van der Waals surface area (Å²) in [7, 11) is -1.61. The van der Waals surface area contributed by atoms with Crippen molar-refractivity contribution >= 4 is 77.7 Å². The number of rotatable bonds is 5. The fraction of sp³-hybridized carbons (Fsp3) is 0.143. The minimum absolute atomic E-state index is 0. The first-order valence-corrected chi connectivity index (χ1v) is 22.7. The number of aryl methyl sites for hydroxylation is 1. The Bertz CT molecular complexity index is 3190. The number of benzene rings is 6. The largest absolute Gasteiger partial charge is 0.501 e. The summed E-state index contributed by atoms with van der Waals surface area (Å²) < 4.78 is 42.0. The van der Waals surface area contributed by atoms with Gasteiger partial charge in [0.2, 0.25) is 0 Å². The van der Waals surface area contributed by atoms with Crippen LogP contribution in [-0.2, 0) is 20.1 Å². The molecule has 4 nitrogen and oxygen atoms in total. The Morgan fingerprint density at radius 1 is 0.804 bits per heavy atom. The van der Waals surface area contributed by atoms with Gasteiger partial charge >= 0.3 is 0 Å². The maximum Gasteiger partial charge on any atom is 0.120 e. The third-order valence-electron chi connectivity index (χ3n) is 10.1. The van der Waals surface area contributed by atoms with Crippen molar-refractivity contribution < 1.29 is 30.0 Å². The number of thiophene rings is 1. The maximum absolute atomic E-state index is 8.48. The van der Waals surface area contributed by atoms with Crippen molar-refractivity contribution in [1.29, 1.82) is 0 Å². The minimum atomic E-state index is -2.13. The molecule has 0 bridgehead atoms. The summed E-state index contributed by atoms with van der Waals surface area (Å²) in [6, 6.07) is 49.0. The molecule has 0 spiro atoms. The van der Waals surface area contributed by atoms with Crippen molar-refractivity contribution in [3.8, 4) is 28.3 Å². The van der Waals surface area contributed by atoms with Crippen LogP contribution in [0.1, 0.15) is 36.4 Å². The van der Waals surface area contributed by atoms with Crippen molar-refractivity contribution in [2.75, 3.05) is 0 Å². The van der Waals surface area contributed by atoms with Gasteiger partial charge in [0, 0.05) is 63.0 Å². The number of pyridine rings is 1. The van der Waals surface area contributed by atoms with Gasteiger partial charge in [-0.3, -0.25) is 4.98 Å². The Hall–Kier alpha value is -5.17. The molecular weight excluding hydrogens is 899 g/mol. The molecule has 4 aromatic heterocycles. The Morgan fingerprint density at radius 2 is 1.57 bits per heavy atom. The van der Waals surface area contributed by atoms with Gasteiger partial charge in [-0.2, -0.15) is 0 Å². The second kappa shape index (κ2) is 15.1. The third-order valence-corrected chi connectivity index (χ3v) is 13.2. The fourth-order valence-electron chi connectivity index (χ4n) is 7.36. The molecular formula is C49H41IrN3OSSi-2. The Kier molecular flexibility index (Phi) is 8.87. The molecule has 1 radical (unpaired) electrons. The standard InChI is InChI=1S/C31H17N2OS.C18H24NSi.Ir/c1-5-14-27-20(8-1)22-10-7-11-23(30(22)34-27)31-32-25-12-3-4-13-26(25)33(31)19-16-17-29-24(18-19)21-9-2-6-15-28(21)35-29;1-13(2)16-11-17(15-9-7-14(3)8-10-15)19-12-18(16)20(4,5)6;/h1-10,12-18H;7-9,11-13H,1-6H3;/q2*-1;/i;3D3,13D;. The summed E-state index contributed by atoms with van der Waals surface area (Å²) in [5, 5.41) is 5.91. The molecule has 4 heterocycles. The van der Waals surface area contributed by atoms with E-state index >= 15 is 0 Å². The molecule has 0 N–H and O–H groups in total. The summed E-state index contributed by atoms with van der Waals surface area (Å²) in [6.45, 7) is 8.38. The zero-order chi connectivity index (χ0) is 41.3. The summed E-state index contributed by atoms with van der Waals surface area (Å²) in [5.74, 6) is 0.112. The molecule has 0 saturated carbocycles. The quantitative estimate of drug-likeness (QED) is 0.128. The van der Waals surface area contributed by atoms with Gasteiger partial charge in [-0.05, 0) is 59.2 Å². The number of aromatic nitrogens is 3. The topological polar surface area (TPSA) is 43.9 Å². The molecule has 0 aliphatic heterocycles. The van der Waals surface area contributed by atoms with Gasteiger partial charge in [0.05, 0.1) is 30.5 Å². The first-order valence-electron chi connectivity index (χ1n) is 20.4. The van der Waals surface area contributed by atoms with Crippen LogP contribution in [0, 0.1) is 19.0 Å². The van der Waals surface area contributed by atoms with Crippen LogP contribution in [0.15, 0.2) is 138 Å². The summed E-state index contributed by atoms with van der Waals surface area (Å²) >= 11 is 1.83. The molecule has 10 rings (SSSR count). The molecule has 56 heavy (non-hydrogen) atoms. The van der Waals surface area contributed by atoms with Crippen LogP contribution in [0.25, 0.3) is 81.5 Å². The number of imidazole rings is 1. The Balaban J connectivity index is 0.000000177. The van der Waals surface area contributed by atoms with Crippen LogP contribution in [0.5, 0.6) is 0 Å². The molecule has 6 aromatic carbocycles. The maximum atomic E-state index is 8.48. The molecule has 7 heteroatoms. The van der Waals surface area contributed by atoms with Crippen LogP contribution in [-0.4, -0.2) is 22.6 Å². The second-order valence-corrected chi connectivity index (χ2v) is 21.2. The fourth-order valence-corrected chi connectivity index (χ4v) is 10.0. The molecule has 0 fully saturated rings. The van der Waals surface area contributed by atoms with Crippen LogP contribution in [0.2, 0.25) is 19.6 Å². The van der Waals surface area contributed by atoms with E-state index in [2.05, 4.69) is 114 Å². The molecule has 0 amide bonds. The van der Waals surface area contributed by atoms with Crippen molar-refractivity contribution in [3.63, 3.8) is 0 Å². The van der Waals surface area contributed by atoms with Crippen LogP contribution in [0.4, 0.5) is 0 Å². The van der Waals surface area contributed by atoms with E-state index in [4.69, 9.17) is 14.9 Å². The van der Waals surface area contributed by atoms with Gasteiger partial charge < -0.3 is 14.0 Å². The molecule has 0 atom stereocenters. The first-order chi connectivity index (χ1) is 28.1. The second-order valence-electron chi connectivity index (χ2n) is 15.1. The predicted molar refractivity (Wildman–Crippen MR) is 236 cm³/mol. The zero-order valence-electron chi connectivity index (χ0n) is 35.7. The SMILES string of the molecule is [2H]C([2H])([2H])c1c[c-]c(-c2cc(C([2H])(C)C)c([Si](C)(C)C)cn2)cc1.[Ir].[c-]1ccc2c(oc3ccccc32)c1-c1nc2ccccc2n1-c1ccc2sc3ccccc3c2c1. The van der Waals surface area contributed by atoms with Crippen LogP contribution in [0.3, 0.4) is 0 Å². The average Bonchev–Trinajstić information content (AvgIpc) is 3.91. The van der Waals surface area contributed by atoms with E-state index in [1.165, 1.54) is 31.4 Å². The van der Waals surface area contributed by atoms with E-state index in [0.717, 1.165) is 66.9 Å². The van der Waals surface area contributed by atoms with E-state index < -0.39 is 20.8 Å². The van der Waals surface area contributed by atoms with Crippen molar-refractivity contribution in [3.05, 3.63) is 157 Å². The van der Waals surface area contributed by atoms with E-state index in [0.29, 0.717) is 0 Å². The van der Waals surface area contributed by atoms with Crippen LogP contribution >= 0.6 is 11.3 Å². The van der Waals surface area contributed by atoms with Gasteiger partial charge in [0.1, 0.15) is 5.58 Å². The van der Waals surface area contributed by atoms with Gasteiger partial charge in [-0.15, -0.1) is 64.9 Å². The van der Waals surface area contributed by atoms with Crippen LogP contribution < -0.4 is 5.19 Å². The normalized spacial score (nSPS) is 13.2. The summed E-state index contributed by atoms with van der Waals surface area (Å²) in [4.78, 5) is 9.64. The predicted octanol–water partition coefficient (Wildman–Crippen LogP) is 13.3. The Labute approximate surface area is 351 Å². The minimum Gasteiger partial charge on any atom is -0.501 e. The van der Waals surface area contributed by atoms with E-state index in [9.17, 15) is 0 Å². The van der Waals surface area contributed by atoms with Crippen molar-refractivity contribution in [1.82, 2.24) is 14.5 Å². The van der Waals surface area contributed by atoms with Crippen molar-refractivity contribution in [2.24, 2.45) is 0 Å². The number of nitrogens with zero attached hydrogens (tertiary/aromatic N) is 3. The molecule has 279 valence electrons. The van der Waals surface area contributed by atoms with E-state index in [1.54, 1.807) is 12.1 Å². The average molecular weight is 944 g/mol. The number of hydrogen-bond acceptors (Lipinski definition) is 4. The smallest absolute Gasteiger partial charge is 0.120 e.